The molecular formula is C23H39N3O6. The van der Waals surface area contributed by atoms with E-state index >= 15 is 0 Å². The molecule has 32 heavy (non-hydrogen) atoms. The second-order valence-electron chi connectivity index (χ2n) is 9.20. The zero-order valence-electron chi connectivity index (χ0n) is 20.3. The van der Waals surface area contributed by atoms with E-state index in [1.807, 2.05) is 0 Å². The van der Waals surface area contributed by atoms with Crippen LogP contribution in [0.15, 0.2) is 5.10 Å². The van der Waals surface area contributed by atoms with Gasteiger partial charge >= 0.3 is 12.0 Å². The highest BCUT2D eigenvalue weighted by Crippen LogP contribution is 2.36. The molecule has 1 rings (SSSR count). The molecular weight excluding hydrogens is 414 g/mol. The fourth-order valence-electron chi connectivity index (χ4n) is 4.63. The van der Waals surface area contributed by atoms with Crippen molar-refractivity contribution in [2.75, 3.05) is 6.61 Å². The van der Waals surface area contributed by atoms with Crippen molar-refractivity contribution >= 4 is 29.5 Å². The van der Waals surface area contributed by atoms with Gasteiger partial charge in [0.2, 0.25) is 5.90 Å². The lowest BCUT2D eigenvalue weighted by molar-refractivity contribution is -0.165. The van der Waals surface area contributed by atoms with Crippen molar-refractivity contribution in [3.05, 3.63) is 0 Å². The summed E-state index contributed by atoms with van der Waals surface area (Å²) in [7, 11) is 0. The first-order chi connectivity index (χ1) is 14.9. The average molecular weight is 454 g/mol. The highest BCUT2D eigenvalue weighted by atomic mass is 16.5. The fraction of sp³-hybridized carbons (Fsp3) is 0.783. The van der Waals surface area contributed by atoms with Crippen LogP contribution in [0.1, 0.15) is 67.7 Å². The second kappa shape index (κ2) is 12.6. The first-order valence-electron chi connectivity index (χ1n) is 11.4. The van der Waals surface area contributed by atoms with E-state index in [4.69, 9.17) is 15.2 Å². The molecule has 0 unspecified atom stereocenters. The van der Waals surface area contributed by atoms with Crippen LogP contribution in [0.3, 0.4) is 0 Å². The van der Waals surface area contributed by atoms with Gasteiger partial charge in [0.25, 0.3) is 0 Å². The van der Waals surface area contributed by atoms with Crippen LogP contribution < -0.4 is 11.2 Å². The number of rotatable bonds is 10. The molecule has 0 aromatic heterocycles. The number of nitrogens with two attached hydrogens (primary N) is 1. The zero-order chi connectivity index (χ0) is 24.6. The predicted molar refractivity (Wildman–Crippen MR) is 121 cm³/mol. The number of Topliss-reactive ketones (excluding diaryl/α,β-unsaturated/α-hetero) is 2. The molecule has 6 atom stereocenters. The maximum Gasteiger partial charge on any atom is 0.332 e. The molecule has 0 saturated heterocycles. The van der Waals surface area contributed by atoms with Gasteiger partial charge in [0.05, 0.1) is 12.5 Å². The monoisotopic (exact) mass is 453 g/mol. The van der Waals surface area contributed by atoms with Crippen molar-refractivity contribution < 1.29 is 28.7 Å². The smallest absolute Gasteiger partial charge is 0.332 e. The Kier molecular flexibility index (Phi) is 10.8. The number of carbonyl (C=O) groups excluding carboxylic acids is 4. The van der Waals surface area contributed by atoms with Crippen LogP contribution in [0.4, 0.5) is 4.79 Å². The normalized spacial score (nSPS) is 24.2. The van der Waals surface area contributed by atoms with Gasteiger partial charge in [-0.25, -0.2) is 10.2 Å². The molecule has 0 spiro atoms. The Morgan fingerprint density at radius 3 is 2.12 bits per heavy atom. The van der Waals surface area contributed by atoms with E-state index in [-0.39, 0.29) is 30.3 Å². The third-order valence-electron chi connectivity index (χ3n) is 6.24. The SMILES string of the molecule is CCO/C(=N/NC(N)=O)[C@H](C(C)=O)[C@H](C)[C@H](C(C)=O)C(=O)O[C@@H]1C[C@@H](C)CC[C@H]1C(C)C. The maximum absolute atomic E-state index is 13.2. The molecule has 0 aromatic carbocycles. The number of ketones is 2. The molecule has 0 radical (unpaired) electrons. The summed E-state index contributed by atoms with van der Waals surface area (Å²) in [6, 6.07) is -0.925. The summed E-state index contributed by atoms with van der Waals surface area (Å²) in [5, 5.41) is 3.80. The van der Waals surface area contributed by atoms with Crippen molar-refractivity contribution in [2.24, 2.45) is 46.3 Å². The number of carbonyl (C=O) groups is 4. The van der Waals surface area contributed by atoms with Crippen LogP contribution >= 0.6 is 0 Å². The standard InChI is InChI=1S/C23H39N3O6/c1-8-31-21(25-26-23(24)30)19(15(6)27)14(5)20(16(7)28)22(29)32-18-11-13(4)9-10-17(18)12(2)3/h12-14,17-20H,8-11H2,1-7H3,(H3,24,26,30)/b25-21+/t13-,14-,17-,18+,19-,20+/m0/s1. The minimum absolute atomic E-state index is 0.100. The Balaban J connectivity index is 3.21. The van der Waals surface area contributed by atoms with Gasteiger partial charge in [0.15, 0.2) is 0 Å². The van der Waals surface area contributed by atoms with Gasteiger partial charge in [-0.15, -0.1) is 5.10 Å². The summed E-state index contributed by atoms with van der Waals surface area (Å²) in [6.07, 6.45) is 2.52. The van der Waals surface area contributed by atoms with Crippen molar-refractivity contribution in [1.82, 2.24) is 5.43 Å². The number of urea groups is 1. The number of hydrazone groups is 1. The van der Waals surface area contributed by atoms with Crippen LogP contribution in [0.5, 0.6) is 0 Å². The van der Waals surface area contributed by atoms with Crippen LogP contribution in [-0.2, 0) is 23.9 Å². The predicted octanol–water partition coefficient (Wildman–Crippen LogP) is 3.06. The lowest BCUT2D eigenvalue weighted by Gasteiger charge is -2.38. The molecule has 182 valence electrons. The summed E-state index contributed by atoms with van der Waals surface area (Å²) in [6.45, 7) is 12.4. The molecule has 0 heterocycles. The Hall–Kier alpha value is -2.45. The number of hydrogen-bond acceptors (Lipinski definition) is 7. The molecule has 1 aliphatic rings. The number of amides is 2. The first-order valence-corrected chi connectivity index (χ1v) is 11.4. The van der Waals surface area contributed by atoms with Crippen molar-refractivity contribution in [3.63, 3.8) is 0 Å². The van der Waals surface area contributed by atoms with Crippen LogP contribution in [0, 0.1) is 35.5 Å². The van der Waals surface area contributed by atoms with E-state index in [0.29, 0.717) is 11.8 Å². The van der Waals surface area contributed by atoms with Gasteiger partial charge < -0.3 is 15.2 Å². The number of nitrogens with zero attached hydrogens (tertiary/aromatic N) is 1. The minimum atomic E-state index is -1.17. The van der Waals surface area contributed by atoms with E-state index in [9.17, 15) is 19.2 Å². The number of nitrogens with one attached hydrogen (secondary N) is 1. The molecule has 2 amide bonds. The largest absolute Gasteiger partial charge is 0.479 e. The lowest BCUT2D eigenvalue weighted by Crippen LogP contribution is -2.44. The molecule has 3 N–H and O–H groups in total. The van der Waals surface area contributed by atoms with E-state index in [1.165, 1.54) is 13.8 Å². The van der Waals surface area contributed by atoms with Gasteiger partial charge in [-0.3, -0.25) is 14.4 Å². The van der Waals surface area contributed by atoms with Gasteiger partial charge in [-0.05, 0) is 57.3 Å². The number of primary amides is 1. The summed E-state index contributed by atoms with van der Waals surface area (Å²) in [4.78, 5) is 49.3. The van der Waals surface area contributed by atoms with E-state index in [2.05, 4.69) is 31.3 Å². The fourth-order valence-corrected chi connectivity index (χ4v) is 4.63. The number of esters is 1. The molecule has 1 saturated carbocycles. The van der Waals surface area contributed by atoms with Gasteiger partial charge in [-0.1, -0.05) is 34.1 Å². The maximum atomic E-state index is 13.2. The Labute approximate surface area is 190 Å². The van der Waals surface area contributed by atoms with Crippen molar-refractivity contribution in [3.8, 4) is 0 Å². The summed E-state index contributed by atoms with van der Waals surface area (Å²) in [5.74, 6) is -3.51. The minimum Gasteiger partial charge on any atom is -0.479 e. The van der Waals surface area contributed by atoms with E-state index in [0.717, 1.165) is 19.3 Å². The zero-order valence-corrected chi connectivity index (χ0v) is 20.3. The van der Waals surface area contributed by atoms with Gasteiger partial charge in [0.1, 0.15) is 23.6 Å². The third-order valence-corrected chi connectivity index (χ3v) is 6.24. The molecule has 0 bridgehead atoms. The highest BCUT2D eigenvalue weighted by molar-refractivity contribution is 6.04. The lowest BCUT2D eigenvalue weighted by atomic mass is 9.75. The molecule has 0 aliphatic heterocycles. The number of ether oxygens (including phenoxy) is 2. The molecule has 9 heteroatoms. The van der Waals surface area contributed by atoms with Crippen molar-refractivity contribution in [2.45, 2.75) is 73.8 Å². The molecule has 1 fully saturated rings. The Morgan fingerprint density at radius 2 is 1.66 bits per heavy atom. The van der Waals surface area contributed by atoms with Crippen LogP contribution in [-0.4, -0.2) is 42.2 Å². The van der Waals surface area contributed by atoms with Crippen molar-refractivity contribution in [1.29, 1.82) is 0 Å². The molecule has 9 nitrogen and oxygen atoms in total. The Bertz CT molecular complexity index is 721. The van der Waals surface area contributed by atoms with Gasteiger partial charge in [-0.2, -0.15) is 0 Å². The summed E-state index contributed by atoms with van der Waals surface area (Å²) >= 11 is 0. The molecule has 0 aromatic rings. The quantitative estimate of drug-likeness (QED) is 0.171. The first kappa shape index (κ1) is 27.6. The van der Waals surface area contributed by atoms with Crippen LogP contribution in [0.2, 0.25) is 0 Å². The second-order valence-corrected chi connectivity index (χ2v) is 9.20. The van der Waals surface area contributed by atoms with E-state index < -0.39 is 35.5 Å². The third kappa shape index (κ3) is 7.60. The number of hydrogen-bond donors (Lipinski definition) is 2. The topological polar surface area (TPSA) is 137 Å². The van der Waals surface area contributed by atoms with Gasteiger partial charge in [0, 0.05) is 0 Å². The average Bonchev–Trinajstić information content (AvgIpc) is 2.65. The van der Waals surface area contributed by atoms with Crippen LogP contribution in [0.25, 0.3) is 0 Å². The Morgan fingerprint density at radius 1 is 1.06 bits per heavy atom. The molecule has 1 aliphatic carbocycles. The summed E-state index contributed by atoms with van der Waals surface area (Å²) < 4.78 is 11.4. The highest BCUT2D eigenvalue weighted by Gasteiger charge is 2.43. The summed E-state index contributed by atoms with van der Waals surface area (Å²) in [5.41, 5.74) is 7.13. The van der Waals surface area contributed by atoms with E-state index in [1.54, 1.807) is 13.8 Å².